The highest BCUT2D eigenvalue weighted by Gasteiger charge is 2.35. The predicted octanol–water partition coefficient (Wildman–Crippen LogP) is 4.46. The number of fused-ring (bicyclic) bond motifs is 3. The van der Waals surface area contributed by atoms with Crippen molar-refractivity contribution in [3.8, 4) is 0 Å². The van der Waals surface area contributed by atoms with E-state index >= 15 is 0 Å². The molecular weight excluding hydrogens is 376 g/mol. The molecule has 3 heterocycles. The standard InChI is InChI=1S/C24H20N4O2/c1-16-21(23(29)30-15-17-8-3-2-4-9-17)22(18-10-7-13-25-14-18)28-20-12-6-5-11-19(20)27-24(28)26-16/h2-14,22H,15H2,1H3,(H,26,27). The summed E-state index contributed by atoms with van der Waals surface area (Å²) in [5.74, 6) is 0.336. The molecule has 0 radical (unpaired) electrons. The number of esters is 1. The largest absolute Gasteiger partial charge is 0.457 e. The first-order valence-electron chi connectivity index (χ1n) is 9.78. The first-order valence-corrected chi connectivity index (χ1v) is 9.78. The summed E-state index contributed by atoms with van der Waals surface area (Å²) in [6, 6.07) is 21.0. The Morgan fingerprint density at radius 2 is 1.87 bits per heavy atom. The van der Waals surface area contributed by atoms with Gasteiger partial charge in [-0.2, -0.15) is 0 Å². The molecule has 1 atom stereocenters. The van der Waals surface area contributed by atoms with Crippen LogP contribution in [-0.4, -0.2) is 20.5 Å². The normalized spacial score (nSPS) is 15.6. The Hall–Kier alpha value is -3.93. The van der Waals surface area contributed by atoms with Crippen molar-refractivity contribution in [2.24, 2.45) is 0 Å². The first-order chi connectivity index (χ1) is 14.7. The number of rotatable bonds is 4. The van der Waals surface area contributed by atoms with Gasteiger partial charge in [0.2, 0.25) is 5.95 Å². The van der Waals surface area contributed by atoms with Gasteiger partial charge in [-0.05, 0) is 36.2 Å². The summed E-state index contributed by atoms with van der Waals surface area (Å²) >= 11 is 0. The molecule has 5 rings (SSSR count). The van der Waals surface area contributed by atoms with Crippen molar-refractivity contribution in [2.75, 3.05) is 5.32 Å². The summed E-state index contributed by atoms with van der Waals surface area (Å²) in [7, 11) is 0. The Morgan fingerprint density at radius 1 is 1.07 bits per heavy atom. The minimum absolute atomic E-state index is 0.216. The Kier molecular flexibility index (Phi) is 4.52. The zero-order valence-corrected chi connectivity index (χ0v) is 16.4. The lowest BCUT2D eigenvalue weighted by molar-refractivity contribution is -0.140. The number of aromatic nitrogens is 3. The van der Waals surface area contributed by atoms with Gasteiger partial charge in [0.25, 0.3) is 0 Å². The van der Waals surface area contributed by atoms with Crippen LogP contribution < -0.4 is 5.32 Å². The molecule has 2 aromatic carbocycles. The first kappa shape index (κ1) is 18.1. The van der Waals surface area contributed by atoms with Crippen LogP contribution in [0.3, 0.4) is 0 Å². The van der Waals surface area contributed by atoms with Gasteiger partial charge in [0.05, 0.1) is 22.6 Å². The Bertz CT molecular complexity index is 1250. The third kappa shape index (κ3) is 3.12. The molecule has 0 bridgehead atoms. The minimum atomic E-state index is -0.384. The van der Waals surface area contributed by atoms with E-state index in [1.54, 1.807) is 12.4 Å². The smallest absolute Gasteiger partial charge is 0.338 e. The molecule has 0 saturated carbocycles. The molecule has 0 aliphatic carbocycles. The number of anilines is 1. The Labute approximate surface area is 173 Å². The fraction of sp³-hybridized carbons (Fsp3) is 0.125. The van der Waals surface area contributed by atoms with Gasteiger partial charge in [0.1, 0.15) is 6.61 Å². The van der Waals surface area contributed by atoms with E-state index in [4.69, 9.17) is 9.72 Å². The summed E-state index contributed by atoms with van der Waals surface area (Å²) in [5, 5.41) is 3.29. The van der Waals surface area contributed by atoms with Crippen molar-refractivity contribution in [3.05, 3.63) is 102 Å². The van der Waals surface area contributed by atoms with Crippen molar-refractivity contribution in [1.29, 1.82) is 0 Å². The highest BCUT2D eigenvalue weighted by Crippen LogP contribution is 2.39. The third-order valence-electron chi connectivity index (χ3n) is 5.26. The number of imidazole rings is 1. The average Bonchev–Trinajstić information content (AvgIpc) is 3.15. The summed E-state index contributed by atoms with van der Waals surface area (Å²) in [5.41, 5.74) is 4.92. The second-order valence-electron chi connectivity index (χ2n) is 7.21. The van der Waals surface area contributed by atoms with E-state index < -0.39 is 0 Å². The fourth-order valence-corrected chi connectivity index (χ4v) is 3.88. The second kappa shape index (κ2) is 7.48. The lowest BCUT2D eigenvalue weighted by Crippen LogP contribution is -2.29. The molecule has 0 saturated heterocycles. The van der Waals surface area contributed by atoms with Crippen molar-refractivity contribution >= 4 is 23.0 Å². The van der Waals surface area contributed by atoms with Crippen LogP contribution in [0.15, 0.2) is 90.4 Å². The van der Waals surface area contributed by atoms with Crippen LogP contribution in [0, 0.1) is 0 Å². The van der Waals surface area contributed by atoms with Gasteiger partial charge in [-0.3, -0.25) is 9.55 Å². The molecule has 1 unspecified atom stereocenters. The van der Waals surface area contributed by atoms with Crippen LogP contribution in [0.2, 0.25) is 0 Å². The second-order valence-corrected chi connectivity index (χ2v) is 7.21. The van der Waals surface area contributed by atoms with E-state index in [1.165, 1.54) is 0 Å². The fourth-order valence-electron chi connectivity index (χ4n) is 3.88. The van der Waals surface area contributed by atoms with Gasteiger partial charge in [-0.1, -0.05) is 48.5 Å². The third-order valence-corrected chi connectivity index (χ3v) is 5.26. The molecule has 30 heavy (non-hydrogen) atoms. The van der Waals surface area contributed by atoms with Gasteiger partial charge in [0.15, 0.2) is 0 Å². The van der Waals surface area contributed by atoms with Gasteiger partial charge in [-0.25, -0.2) is 9.78 Å². The van der Waals surface area contributed by atoms with Crippen molar-refractivity contribution in [1.82, 2.24) is 14.5 Å². The van der Waals surface area contributed by atoms with E-state index in [2.05, 4.69) is 10.3 Å². The molecule has 4 aromatic rings. The monoisotopic (exact) mass is 396 g/mol. The Balaban J connectivity index is 1.59. The molecule has 0 spiro atoms. The zero-order valence-electron chi connectivity index (χ0n) is 16.4. The van der Waals surface area contributed by atoms with Crippen molar-refractivity contribution in [2.45, 2.75) is 19.6 Å². The number of nitrogens with zero attached hydrogens (tertiary/aromatic N) is 3. The zero-order chi connectivity index (χ0) is 20.5. The molecule has 1 N–H and O–H groups in total. The van der Waals surface area contributed by atoms with Gasteiger partial charge in [-0.15, -0.1) is 0 Å². The molecule has 0 fully saturated rings. The molecule has 6 nitrogen and oxygen atoms in total. The number of ether oxygens (including phenoxy) is 1. The number of para-hydroxylation sites is 2. The highest BCUT2D eigenvalue weighted by molar-refractivity contribution is 5.94. The number of nitrogens with one attached hydrogen (secondary N) is 1. The number of benzene rings is 2. The average molecular weight is 396 g/mol. The maximum Gasteiger partial charge on any atom is 0.338 e. The molecule has 148 valence electrons. The molecule has 0 amide bonds. The van der Waals surface area contributed by atoms with Crippen LogP contribution in [0.5, 0.6) is 0 Å². The number of pyridine rings is 1. The van der Waals surface area contributed by atoms with Gasteiger partial charge < -0.3 is 10.1 Å². The lowest BCUT2D eigenvalue weighted by atomic mass is 9.96. The summed E-state index contributed by atoms with van der Waals surface area (Å²) in [4.78, 5) is 22.3. The van der Waals surface area contributed by atoms with E-state index in [-0.39, 0.29) is 18.6 Å². The molecule has 2 aromatic heterocycles. The van der Waals surface area contributed by atoms with Gasteiger partial charge >= 0.3 is 5.97 Å². The lowest BCUT2D eigenvalue weighted by Gasteiger charge is -2.30. The topological polar surface area (TPSA) is 69.0 Å². The van der Waals surface area contributed by atoms with Gasteiger partial charge in [0, 0.05) is 18.1 Å². The minimum Gasteiger partial charge on any atom is -0.457 e. The summed E-state index contributed by atoms with van der Waals surface area (Å²) in [6.07, 6.45) is 3.51. The number of allylic oxidation sites excluding steroid dienone is 1. The van der Waals surface area contributed by atoms with Crippen molar-refractivity contribution < 1.29 is 9.53 Å². The maximum absolute atomic E-state index is 13.3. The van der Waals surface area contributed by atoms with E-state index in [0.29, 0.717) is 11.5 Å². The van der Waals surface area contributed by atoms with Crippen LogP contribution in [0.4, 0.5) is 5.95 Å². The predicted molar refractivity (Wildman–Crippen MR) is 115 cm³/mol. The molecular formula is C24H20N4O2. The molecule has 1 aliphatic heterocycles. The quantitative estimate of drug-likeness (QED) is 0.516. The summed E-state index contributed by atoms with van der Waals surface area (Å²) < 4.78 is 7.74. The van der Waals surface area contributed by atoms with E-state index in [0.717, 1.165) is 27.9 Å². The summed E-state index contributed by atoms with van der Waals surface area (Å²) in [6.45, 7) is 2.10. The SMILES string of the molecule is CC1=C(C(=O)OCc2ccccc2)C(c2cccnc2)n2c(nc3ccccc32)N1. The number of carbonyl (C=O) groups is 1. The maximum atomic E-state index is 13.3. The van der Waals surface area contributed by atoms with Crippen molar-refractivity contribution in [3.63, 3.8) is 0 Å². The van der Waals surface area contributed by atoms with Crippen LogP contribution in [0.1, 0.15) is 24.1 Å². The van der Waals surface area contributed by atoms with E-state index in [9.17, 15) is 4.79 Å². The highest BCUT2D eigenvalue weighted by atomic mass is 16.5. The van der Waals surface area contributed by atoms with Crippen LogP contribution in [-0.2, 0) is 16.1 Å². The number of hydrogen-bond acceptors (Lipinski definition) is 5. The Morgan fingerprint density at radius 3 is 2.67 bits per heavy atom. The van der Waals surface area contributed by atoms with Crippen LogP contribution in [0.25, 0.3) is 11.0 Å². The van der Waals surface area contributed by atoms with Crippen LogP contribution >= 0.6 is 0 Å². The number of carbonyl (C=O) groups excluding carboxylic acids is 1. The molecule has 1 aliphatic rings. The number of hydrogen-bond donors (Lipinski definition) is 1. The van der Waals surface area contributed by atoms with E-state index in [1.807, 2.05) is 78.2 Å². The molecule has 6 heteroatoms.